The molecule has 1 aromatic carbocycles. The van der Waals surface area contributed by atoms with E-state index in [-0.39, 0.29) is 0 Å². The van der Waals surface area contributed by atoms with Crippen LogP contribution in [0, 0.1) is 0 Å². The maximum atomic E-state index is 3.48. The summed E-state index contributed by atoms with van der Waals surface area (Å²) < 4.78 is 1.16. The molecule has 94 valence electrons. The second kappa shape index (κ2) is 6.55. The van der Waals surface area contributed by atoms with Crippen molar-refractivity contribution in [1.29, 1.82) is 0 Å². The Labute approximate surface area is 115 Å². The minimum Gasteiger partial charge on any atom is -0.0917 e. The van der Waals surface area contributed by atoms with Gasteiger partial charge >= 0.3 is 0 Å². The highest BCUT2D eigenvalue weighted by molar-refractivity contribution is 9.10. The molecule has 2 heteroatoms. The Kier molecular flexibility index (Phi) is 5.67. The van der Waals surface area contributed by atoms with E-state index >= 15 is 0 Å². The molecule has 0 aliphatic heterocycles. The van der Waals surface area contributed by atoms with Gasteiger partial charge in [-0.15, -0.1) is 0 Å². The maximum Gasteiger partial charge on any atom is 0.0513 e. The SMILES string of the molecule is C/C=C/C(CCc1ccc(Br)cc1)[Si](C)(C)C. The first kappa shape index (κ1) is 14.7. The molecule has 1 aromatic rings. The predicted octanol–water partition coefficient (Wildman–Crippen LogP) is 5.67. The minimum atomic E-state index is -1.07. The van der Waals surface area contributed by atoms with E-state index in [1.54, 1.807) is 0 Å². The normalized spacial score (nSPS) is 14.2. The molecule has 0 N–H and O–H groups in total. The van der Waals surface area contributed by atoms with Gasteiger partial charge in [0.25, 0.3) is 0 Å². The van der Waals surface area contributed by atoms with Crippen LogP contribution in [0.3, 0.4) is 0 Å². The fourth-order valence-electron chi connectivity index (χ4n) is 2.02. The predicted molar refractivity (Wildman–Crippen MR) is 84.4 cm³/mol. The first-order valence-electron chi connectivity index (χ1n) is 6.30. The fraction of sp³-hybridized carbons (Fsp3) is 0.467. The van der Waals surface area contributed by atoms with Crippen LogP contribution in [0.2, 0.25) is 25.2 Å². The fourth-order valence-corrected chi connectivity index (χ4v) is 4.07. The van der Waals surface area contributed by atoms with E-state index in [2.05, 4.69) is 78.9 Å². The molecule has 1 rings (SSSR count). The highest BCUT2D eigenvalue weighted by atomic mass is 79.9. The van der Waals surface area contributed by atoms with Gasteiger partial charge in [-0.2, -0.15) is 0 Å². The lowest BCUT2D eigenvalue weighted by atomic mass is 10.1. The van der Waals surface area contributed by atoms with Crippen LogP contribution >= 0.6 is 15.9 Å². The molecule has 0 bridgehead atoms. The summed E-state index contributed by atoms with van der Waals surface area (Å²) in [6.45, 7) is 9.50. The van der Waals surface area contributed by atoms with Crippen molar-refractivity contribution in [2.24, 2.45) is 0 Å². The first-order chi connectivity index (χ1) is 7.93. The molecule has 0 aromatic heterocycles. The van der Waals surface area contributed by atoms with E-state index in [0.29, 0.717) is 0 Å². The number of hydrogen-bond acceptors (Lipinski definition) is 0. The van der Waals surface area contributed by atoms with Crippen LogP contribution < -0.4 is 0 Å². The zero-order chi connectivity index (χ0) is 12.9. The van der Waals surface area contributed by atoms with Crippen LogP contribution in [0.4, 0.5) is 0 Å². The van der Waals surface area contributed by atoms with E-state index in [0.717, 1.165) is 10.0 Å². The van der Waals surface area contributed by atoms with Crippen LogP contribution in [0.15, 0.2) is 40.9 Å². The lowest BCUT2D eigenvalue weighted by Crippen LogP contribution is -2.27. The lowest BCUT2D eigenvalue weighted by molar-refractivity contribution is 0.815. The van der Waals surface area contributed by atoms with Crippen LogP contribution in [0.25, 0.3) is 0 Å². The Balaban J connectivity index is 2.61. The van der Waals surface area contributed by atoms with Gasteiger partial charge in [-0.1, -0.05) is 59.9 Å². The summed E-state index contributed by atoms with van der Waals surface area (Å²) in [6, 6.07) is 8.71. The third-order valence-electron chi connectivity index (χ3n) is 3.19. The van der Waals surface area contributed by atoms with Crippen molar-refractivity contribution >= 4 is 24.0 Å². The average Bonchev–Trinajstić information content (AvgIpc) is 2.25. The average molecular weight is 311 g/mol. The molecular weight excluding hydrogens is 288 g/mol. The van der Waals surface area contributed by atoms with Gasteiger partial charge < -0.3 is 0 Å². The molecule has 1 unspecified atom stereocenters. The van der Waals surface area contributed by atoms with E-state index in [4.69, 9.17) is 0 Å². The van der Waals surface area contributed by atoms with Crippen molar-refractivity contribution < 1.29 is 0 Å². The Bertz CT molecular complexity index is 360. The van der Waals surface area contributed by atoms with Crippen LogP contribution in [-0.4, -0.2) is 8.07 Å². The Hall–Kier alpha value is -0.343. The topological polar surface area (TPSA) is 0 Å². The van der Waals surface area contributed by atoms with Gasteiger partial charge in [-0.05, 0) is 43.0 Å². The highest BCUT2D eigenvalue weighted by Crippen LogP contribution is 2.28. The molecule has 1 atom stereocenters. The highest BCUT2D eigenvalue weighted by Gasteiger charge is 2.23. The molecule has 0 saturated heterocycles. The standard InChI is InChI=1S/C15H23BrSi/c1-5-6-15(17(2,3)4)12-9-13-7-10-14(16)11-8-13/h5-8,10-11,15H,9,12H2,1-4H3/b6-5+. The lowest BCUT2D eigenvalue weighted by Gasteiger charge is -2.26. The van der Waals surface area contributed by atoms with Gasteiger partial charge in [0.1, 0.15) is 0 Å². The second-order valence-corrected chi connectivity index (χ2v) is 12.1. The van der Waals surface area contributed by atoms with Gasteiger partial charge in [0.05, 0.1) is 8.07 Å². The van der Waals surface area contributed by atoms with E-state index in [1.165, 1.54) is 18.4 Å². The summed E-state index contributed by atoms with van der Waals surface area (Å²) >= 11 is 3.48. The third kappa shape index (κ3) is 5.22. The van der Waals surface area contributed by atoms with E-state index in [9.17, 15) is 0 Å². The summed E-state index contributed by atoms with van der Waals surface area (Å²) in [5.74, 6) is 0. The Morgan fingerprint density at radius 1 is 1.18 bits per heavy atom. The number of allylic oxidation sites excluding steroid dienone is 2. The largest absolute Gasteiger partial charge is 0.0917 e. The van der Waals surface area contributed by atoms with Crippen molar-refractivity contribution in [3.63, 3.8) is 0 Å². The van der Waals surface area contributed by atoms with Crippen LogP contribution in [0.5, 0.6) is 0 Å². The number of hydrogen-bond donors (Lipinski definition) is 0. The Morgan fingerprint density at radius 2 is 1.76 bits per heavy atom. The molecule has 0 spiro atoms. The molecule has 0 heterocycles. The first-order valence-corrected chi connectivity index (χ1v) is 10.7. The molecule has 0 aliphatic rings. The number of halogens is 1. The van der Waals surface area contributed by atoms with Crippen LogP contribution in [0.1, 0.15) is 18.9 Å². The summed E-state index contributed by atoms with van der Waals surface area (Å²) in [5.41, 5.74) is 2.23. The van der Waals surface area contributed by atoms with Gasteiger partial charge in [-0.25, -0.2) is 0 Å². The monoisotopic (exact) mass is 310 g/mol. The van der Waals surface area contributed by atoms with E-state index < -0.39 is 8.07 Å². The number of benzene rings is 1. The second-order valence-electron chi connectivity index (χ2n) is 5.66. The molecule has 0 fully saturated rings. The van der Waals surface area contributed by atoms with Gasteiger partial charge in [0.2, 0.25) is 0 Å². The molecule has 0 aliphatic carbocycles. The van der Waals surface area contributed by atoms with Crippen molar-refractivity contribution in [2.45, 2.75) is 44.9 Å². The van der Waals surface area contributed by atoms with Crippen molar-refractivity contribution in [1.82, 2.24) is 0 Å². The van der Waals surface area contributed by atoms with Gasteiger partial charge in [0.15, 0.2) is 0 Å². The summed E-state index contributed by atoms with van der Waals surface area (Å²) in [7, 11) is -1.07. The summed E-state index contributed by atoms with van der Waals surface area (Å²) in [4.78, 5) is 0. The molecule has 0 nitrogen and oxygen atoms in total. The van der Waals surface area contributed by atoms with Crippen molar-refractivity contribution in [3.05, 3.63) is 46.5 Å². The zero-order valence-corrected chi connectivity index (χ0v) is 13.9. The molecule has 0 amide bonds. The molecule has 0 radical (unpaired) electrons. The zero-order valence-electron chi connectivity index (χ0n) is 11.3. The molecular formula is C15H23BrSi. The third-order valence-corrected chi connectivity index (χ3v) is 6.43. The van der Waals surface area contributed by atoms with Crippen LogP contribution in [-0.2, 0) is 6.42 Å². The quantitative estimate of drug-likeness (QED) is 0.486. The number of rotatable bonds is 5. The maximum absolute atomic E-state index is 3.48. The summed E-state index contributed by atoms with van der Waals surface area (Å²) in [6.07, 6.45) is 7.09. The molecule has 17 heavy (non-hydrogen) atoms. The van der Waals surface area contributed by atoms with Crippen molar-refractivity contribution in [2.75, 3.05) is 0 Å². The molecule has 0 saturated carbocycles. The van der Waals surface area contributed by atoms with Gasteiger partial charge in [0, 0.05) is 4.47 Å². The number of aryl methyl sites for hydroxylation is 1. The Morgan fingerprint density at radius 3 is 2.24 bits per heavy atom. The smallest absolute Gasteiger partial charge is 0.0513 e. The van der Waals surface area contributed by atoms with E-state index in [1.807, 2.05) is 0 Å². The van der Waals surface area contributed by atoms with Crippen molar-refractivity contribution in [3.8, 4) is 0 Å². The van der Waals surface area contributed by atoms with Gasteiger partial charge in [-0.3, -0.25) is 0 Å². The summed E-state index contributed by atoms with van der Waals surface area (Å²) in [5, 5.41) is 0. The minimum absolute atomic E-state index is 0.788.